The number of pyridine rings is 2. The zero-order valence-corrected chi connectivity index (χ0v) is 19.8. The van der Waals surface area contributed by atoms with Crippen molar-refractivity contribution in [3.63, 3.8) is 0 Å². The molecule has 5 heterocycles. The zero-order chi connectivity index (χ0) is 23.9. The molecule has 0 radical (unpaired) electrons. The van der Waals surface area contributed by atoms with E-state index in [4.69, 9.17) is 20.3 Å². The highest BCUT2D eigenvalue weighted by Gasteiger charge is 2.47. The number of aromatic nitrogens is 4. The summed E-state index contributed by atoms with van der Waals surface area (Å²) >= 11 is 0. The van der Waals surface area contributed by atoms with Gasteiger partial charge in [0.1, 0.15) is 12.2 Å². The molecule has 0 aromatic carbocycles. The maximum Gasteiger partial charge on any atom is 0.410 e. The van der Waals surface area contributed by atoms with Gasteiger partial charge in [-0.3, -0.25) is 9.67 Å². The molecule has 2 N–H and O–H groups in total. The van der Waals surface area contributed by atoms with Gasteiger partial charge in [0.2, 0.25) is 0 Å². The van der Waals surface area contributed by atoms with Crippen LogP contribution in [0.5, 0.6) is 5.75 Å². The van der Waals surface area contributed by atoms with E-state index in [1.807, 2.05) is 49.9 Å². The lowest BCUT2D eigenvalue weighted by molar-refractivity contribution is 0.0284. The van der Waals surface area contributed by atoms with Crippen LogP contribution in [0.1, 0.15) is 45.0 Å². The molecule has 178 valence electrons. The number of likely N-dealkylation sites (tertiary alicyclic amines) is 1. The average Bonchev–Trinajstić information content (AvgIpc) is 3.50. The van der Waals surface area contributed by atoms with Gasteiger partial charge in [0.05, 0.1) is 11.4 Å². The van der Waals surface area contributed by atoms with Gasteiger partial charge in [-0.15, -0.1) is 0 Å². The number of anilines is 1. The zero-order valence-electron chi connectivity index (χ0n) is 19.8. The number of hydrogen-bond donors (Lipinski definition) is 1. The lowest BCUT2D eigenvalue weighted by Crippen LogP contribution is -2.37. The number of nitrogens with zero attached hydrogens (tertiary/aromatic N) is 5. The molecule has 0 bridgehead atoms. The summed E-state index contributed by atoms with van der Waals surface area (Å²) in [6.07, 6.45) is 5.06. The Morgan fingerprint density at radius 3 is 2.76 bits per heavy atom. The van der Waals surface area contributed by atoms with Crippen LogP contribution in [0.15, 0.2) is 42.7 Å². The average molecular weight is 463 g/mol. The van der Waals surface area contributed by atoms with Crippen molar-refractivity contribution in [3.8, 4) is 17.0 Å². The van der Waals surface area contributed by atoms with Gasteiger partial charge < -0.3 is 20.1 Å². The molecule has 34 heavy (non-hydrogen) atoms. The normalized spacial score (nSPS) is 19.4. The topological polar surface area (TPSA) is 108 Å². The third-order valence-electron chi connectivity index (χ3n) is 6.41. The van der Waals surface area contributed by atoms with Gasteiger partial charge >= 0.3 is 6.09 Å². The van der Waals surface area contributed by atoms with Gasteiger partial charge in [0.25, 0.3) is 0 Å². The second kappa shape index (κ2) is 8.30. The quantitative estimate of drug-likeness (QED) is 0.628. The van der Waals surface area contributed by atoms with E-state index in [1.54, 1.807) is 12.4 Å². The molecular weight excluding hydrogens is 432 g/mol. The third kappa shape index (κ3) is 4.30. The van der Waals surface area contributed by atoms with Crippen molar-refractivity contribution in [2.45, 2.75) is 57.8 Å². The van der Waals surface area contributed by atoms with Gasteiger partial charge in [-0.2, -0.15) is 5.10 Å². The first-order chi connectivity index (χ1) is 16.2. The molecule has 9 nitrogen and oxygen atoms in total. The Kier molecular flexibility index (Phi) is 5.42. The first-order valence-corrected chi connectivity index (χ1v) is 11.6. The van der Waals surface area contributed by atoms with Crippen molar-refractivity contribution >= 4 is 11.9 Å². The molecule has 0 aliphatic carbocycles. The minimum absolute atomic E-state index is 0.0955. The van der Waals surface area contributed by atoms with E-state index in [0.29, 0.717) is 31.3 Å². The number of hydrogen-bond acceptors (Lipinski definition) is 7. The van der Waals surface area contributed by atoms with Crippen LogP contribution in [0.4, 0.5) is 10.6 Å². The molecule has 1 unspecified atom stereocenters. The van der Waals surface area contributed by atoms with E-state index in [2.05, 4.69) is 20.7 Å². The number of amides is 1. The van der Waals surface area contributed by atoms with Crippen molar-refractivity contribution in [2.24, 2.45) is 0 Å². The molecule has 9 heteroatoms. The van der Waals surface area contributed by atoms with Gasteiger partial charge in [-0.1, -0.05) is 6.07 Å². The predicted molar refractivity (Wildman–Crippen MR) is 127 cm³/mol. The Morgan fingerprint density at radius 2 is 2.00 bits per heavy atom. The molecule has 1 atom stereocenters. The molecule has 5 rings (SSSR count). The van der Waals surface area contributed by atoms with E-state index < -0.39 is 5.60 Å². The highest BCUT2D eigenvalue weighted by atomic mass is 16.6. The van der Waals surface area contributed by atoms with Crippen LogP contribution in [0, 0.1) is 0 Å². The van der Waals surface area contributed by atoms with Crippen LogP contribution in [0.2, 0.25) is 0 Å². The number of carbonyl (C=O) groups is 1. The minimum atomic E-state index is -0.504. The van der Waals surface area contributed by atoms with Crippen LogP contribution in [-0.4, -0.2) is 49.4 Å². The molecule has 1 amide bonds. The molecular formula is C25H30N6O3. The smallest absolute Gasteiger partial charge is 0.410 e. The number of ether oxygens (including phenoxy) is 2. The van der Waals surface area contributed by atoms with Crippen LogP contribution >= 0.6 is 0 Å². The fourth-order valence-corrected chi connectivity index (χ4v) is 4.72. The van der Waals surface area contributed by atoms with Crippen molar-refractivity contribution < 1.29 is 14.3 Å². The Labute approximate surface area is 198 Å². The van der Waals surface area contributed by atoms with Crippen LogP contribution in [0.25, 0.3) is 11.3 Å². The van der Waals surface area contributed by atoms with Crippen LogP contribution < -0.4 is 10.5 Å². The largest absolute Gasteiger partial charge is 0.483 e. The maximum absolute atomic E-state index is 12.6. The number of carbonyl (C=O) groups excluding carboxylic acids is 1. The van der Waals surface area contributed by atoms with Gasteiger partial charge in [0.15, 0.2) is 11.6 Å². The number of nitrogens with two attached hydrogens (primary N) is 1. The van der Waals surface area contributed by atoms with Gasteiger partial charge in [-0.25, -0.2) is 9.78 Å². The first kappa shape index (κ1) is 22.2. The van der Waals surface area contributed by atoms with E-state index >= 15 is 0 Å². The van der Waals surface area contributed by atoms with Crippen molar-refractivity contribution in [3.05, 3.63) is 54.1 Å². The molecule has 1 saturated heterocycles. The van der Waals surface area contributed by atoms with Crippen molar-refractivity contribution in [1.82, 2.24) is 24.6 Å². The molecule has 3 aromatic rings. The van der Waals surface area contributed by atoms with Crippen LogP contribution in [-0.2, 0) is 23.3 Å². The Balaban J connectivity index is 1.34. The summed E-state index contributed by atoms with van der Waals surface area (Å²) in [4.78, 5) is 23.0. The summed E-state index contributed by atoms with van der Waals surface area (Å²) in [5.41, 5.74) is 9.08. The number of aryl methyl sites for hydroxylation is 1. The predicted octanol–water partition coefficient (Wildman–Crippen LogP) is 3.78. The lowest BCUT2D eigenvalue weighted by Gasteiger charge is -2.26. The number of nitrogen functional groups attached to an aromatic ring is 1. The Bertz CT molecular complexity index is 1200. The summed E-state index contributed by atoms with van der Waals surface area (Å²) in [5, 5.41) is 4.83. The van der Waals surface area contributed by atoms with E-state index in [-0.39, 0.29) is 11.5 Å². The second-order valence-electron chi connectivity index (χ2n) is 10.0. The van der Waals surface area contributed by atoms with E-state index in [0.717, 1.165) is 42.0 Å². The fourth-order valence-electron chi connectivity index (χ4n) is 4.72. The molecule has 2 aliphatic rings. The fraction of sp³-hybridized carbons (Fsp3) is 0.440. The summed E-state index contributed by atoms with van der Waals surface area (Å²) in [5.74, 6) is 0.828. The standard InChI is InChI=1S/C25H30N6O3/c1-24(2,3)34-23(32)30-10-7-25(16-30)8-11-31-21(25)13-19(29-31)17-12-20(22(26)28-14-17)33-15-18-6-4-5-9-27-18/h4-6,9,12-14H,7-8,10-11,15-16H2,1-3H3,(H2,26,28). The second-order valence-corrected chi connectivity index (χ2v) is 10.0. The maximum atomic E-state index is 12.6. The third-order valence-corrected chi connectivity index (χ3v) is 6.41. The van der Waals surface area contributed by atoms with Gasteiger partial charge in [-0.05, 0) is 57.9 Å². The molecule has 0 saturated carbocycles. The lowest BCUT2D eigenvalue weighted by atomic mass is 9.82. The molecule has 2 aliphatic heterocycles. The van der Waals surface area contributed by atoms with Gasteiger partial charge in [0, 0.05) is 48.7 Å². The molecule has 1 spiro atoms. The van der Waals surface area contributed by atoms with E-state index in [9.17, 15) is 4.79 Å². The Hall–Kier alpha value is -3.62. The SMILES string of the molecule is CC(C)(C)OC(=O)N1CCC2(CCn3nc(-c4cnc(N)c(OCc5ccccn5)c4)cc32)C1. The minimum Gasteiger partial charge on any atom is -0.483 e. The highest BCUT2D eigenvalue weighted by molar-refractivity contribution is 5.69. The molecule has 1 fully saturated rings. The highest BCUT2D eigenvalue weighted by Crippen LogP contribution is 2.44. The summed E-state index contributed by atoms with van der Waals surface area (Å²) < 4.78 is 13.5. The summed E-state index contributed by atoms with van der Waals surface area (Å²) in [6.45, 7) is 8.13. The monoisotopic (exact) mass is 462 g/mol. The van der Waals surface area contributed by atoms with Crippen molar-refractivity contribution in [1.29, 1.82) is 0 Å². The Morgan fingerprint density at radius 1 is 1.18 bits per heavy atom. The summed E-state index contributed by atoms with van der Waals surface area (Å²) in [6, 6.07) is 9.66. The van der Waals surface area contributed by atoms with E-state index in [1.165, 1.54) is 0 Å². The number of rotatable bonds is 4. The van der Waals surface area contributed by atoms with Crippen LogP contribution in [0.3, 0.4) is 0 Å². The molecule has 3 aromatic heterocycles. The number of fused-ring (bicyclic) bond motifs is 2. The first-order valence-electron chi connectivity index (χ1n) is 11.6. The summed E-state index contributed by atoms with van der Waals surface area (Å²) in [7, 11) is 0. The van der Waals surface area contributed by atoms with Crippen molar-refractivity contribution in [2.75, 3.05) is 18.8 Å².